The topological polar surface area (TPSA) is 203 Å². The number of carbonyl (C=O) groups is 6. The number of fused-ring (bicyclic) bond motifs is 1. The van der Waals surface area contributed by atoms with Crippen LogP contribution in [-0.4, -0.2) is 132 Å². The van der Waals surface area contributed by atoms with Gasteiger partial charge in [-0.05, 0) is 107 Å². The molecule has 0 bridgehead atoms. The summed E-state index contributed by atoms with van der Waals surface area (Å²) in [5.74, 6) is -6.85. The predicted molar refractivity (Wildman–Crippen MR) is 246 cm³/mol. The highest BCUT2D eigenvalue weighted by Gasteiger charge is 2.41. The van der Waals surface area contributed by atoms with E-state index in [0.29, 0.717) is 50.5 Å². The highest BCUT2D eigenvalue weighted by atomic mass is 16.5. The lowest BCUT2D eigenvalue weighted by Gasteiger charge is -2.37. The van der Waals surface area contributed by atoms with E-state index in [0.717, 1.165) is 10.5 Å². The second-order valence-corrected chi connectivity index (χ2v) is 19.2. The smallest absolute Gasteiger partial charge is 0.329 e. The van der Waals surface area contributed by atoms with Crippen molar-refractivity contribution in [3.05, 3.63) is 47.6 Å². The molecule has 0 aromatic carbocycles. The Kier molecular flexibility index (Phi) is 23.3. The minimum absolute atomic E-state index is 0.0125. The summed E-state index contributed by atoms with van der Waals surface area (Å²) in [4.78, 5) is 83.7. The van der Waals surface area contributed by atoms with E-state index in [1.165, 1.54) is 7.11 Å². The highest BCUT2D eigenvalue weighted by Crippen LogP contribution is 2.34. The van der Waals surface area contributed by atoms with Crippen molar-refractivity contribution in [2.24, 2.45) is 35.5 Å². The van der Waals surface area contributed by atoms with E-state index in [4.69, 9.17) is 18.9 Å². The zero-order valence-electron chi connectivity index (χ0n) is 40.6. The number of hydrogen-bond donors (Lipinski definition) is 3. The van der Waals surface area contributed by atoms with Crippen molar-refractivity contribution in [1.29, 1.82) is 0 Å². The van der Waals surface area contributed by atoms with Crippen LogP contribution in [-0.2, 0) is 47.7 Å². The van der Waals surface area contributed by atoms with Gasteiger partial charge < -0.3 is 39.2 Å². The third-order valence-electron chi connectivity index (χ3n) is 13.8. The minimum atomic E-state index is -1.33. The summed E-state index contributed by atoms with van der Waals surface area (Å²) in [6.45, 7) is 12.5. The van der Waals surface area contributed by atoms with Crippen LogP contribution in [0.15, 0.2) is 47.6 Å². The second kappa shape index (κ2) is 27.2. The van der Waals surface area contributed by atoms with E-state index in [2.05, 4.69) is 0 Å². The summed E-state index contributed by atoms with van der Waals surface area (Å²) < 4.78 is 22.9. The lowest BCUT2D eigenvalue weighted by molar-refractivity contribution is -0.166. The molecule has 3 rings (SSSR count). The maximum Gasteiger partial charge on any atom is 0.329 e. The lowest BCUT2D eigenvalue weighted by Crippen LogP contribution is -2.53. The van der Waals surface area contributed by atoms with Crippen molar-refractivity contribution >= 4 is 35.0 Å². The Hall–Kier alpha value is -3.66. The molecule has 14 atom stereocenters. The molecule has 0 aromatic rings. The van der Waals surface area contributed by atoms with Gasteiger partial charge in [-0.25, -0.2) is 4.79 Å². The molecule has 0 aromatic heterocycles. The highest BCUT2D eigenvalue weighted by molar-refractivity contribution is 6.63. The zero-order valence-corrected chi connectivity index (χ0v) is 40.6. The molecule has 1 saturated heterocycles. The standard InChI is InChI=1S/C51H79NO13/c1-30-16-12-11-13-17-31(2)42(62-8)28-38(53)21-19-32(3)45(56)48(59)50(60)52-23-15-14-18-39(52)51(61)65-43(34(5)26-37-20-22-40(54)44(27-37)63-9)29-41(55)33(4)25-36(7)47(58)49(64-10)46(57)35(6)24-30/h11-13,16-17,25,30,32-35,37-40,42-44,47,49,53-54,58H,14-15,18-24,26-29H2,1-10H3/b13-11+,16-12+,31-17+,36-25+/t30-,32-,33-,34-,35?,37+,38+,39+,40-,42+,43+,44-,47-,49+/m1/s1. The first kappa shape index (κ1) is 55.7. The van der Waals surface area contributed by atoms with E-state index in [-0.39, 0.29) is 74.1 Å². The van der Waals surface area contributed by atoms with E-state index < -0.39 is 83.9 Å². The third kappa shape index (κ3) is 16.6. The number of allylic oxidation sites excluding steroid dienone is 6. The Morgan fingerprint density at radius 1 is 0.785 bits per heavy atom. The monoisotopic (exact) mass is 914 g/mol. The number of esters is 1. The van der Waals surface area contributed by atoms with Crippen LogP contribution in [0, 0.1) is 35.5 Å². The number of carbonyl (C=O) groups excluding carboxylic acids is 6. The number of cyclic esters (lactones) is 1. The molecule has 14 nitrogen and oxygen atoms in total. The van der Waals surface area contributed by atoms with Crippen LogP contribution >= 0.6 is 0 Å². The number of ketones is 4. The Morgan fingerprint density at radius 2 is 1.49 bits per heavy atom. The van der Waals surface area contributed by atoms with Gasteiger partial charge in [-0.2, -0.15) is 0 Å². The van der Waals surface area contributed by atoms with Crippen molar-refractivity contribution in [1.82, 2.24) is 4.90 Å². The Labute approximate surface area is 387 Å². The number of amides is 1. The SMILES string of the molecule is CO[C@H]1C[C@@H](O)CC[C@@H](C)C(=O)C(=O)C(=O)N2CCCC[C@H]2C(=O)O[C@H]([C@H](C)C[C@@H]2CC[C@@H](O)[C@H](OC)C2)CC(=O)[C@H](C)/C=C(\C)[C@@H](O)[C@@H](OC)C(=O)C(C)C[C@H](C)/C=C/C=C/C=C/1C. The molecule has 14 heteroatoms. The van der Waals surface area contributed by atoms with E-state index in [9.17, 15) is 44.1 Å². The van der Waals surface area contributed by atoms with Gasteiger partial charge in [0.05, 0.1) is 24.4 Å². The number of nitrogens with zero attached hydrogens (tertiary/aromatic N) is 1. The first-order valence-electron chi connectivity index (χ1n) is 23.7. The molecule has 0 radical (unpaired) electrons. The molecule has 2 fully saturated rings. The summed E-state index contributed by atoms with van der Waals surface area (Å²) in [5, 5.41) is 32.8. The molecule has 2 aliphatic heterocycles. The van der Waals surface area contributed by atoms with Crippen molar-refractivity contribution in [3.63, 3.8) is 0 Å². The predicted octanol–water partition coefficient (Wildman–Crippen LogP) is 6.02. The van der Waals surface area contributed by atoms with Crippen LogP contribution < -0.4 is 0 Å². The van der Waals surface area contributed by atoms with Gasteiger partial charge in [0.1, 0.15) is 30.1 Å². The minimum Gasteiger partial charge on any atom is -0.460 e. The second-order valence-electron chi connectivity index (χ2n) is 19.2. The van der Waals surface area contributed by atoms with Gasteiger partial charge in [0.15, 0.2) is 5.78 Å². The van der Waals surface area contributed by atoms with Crippen LogP contribution in [0.1, 0.15) is 126 Å². The quantitative estimate of drug-likeness (QED) is 0.159. The summed E-state index contributed by atoms with van der Waals surface area (Å²) >= 11 is 0. The Balaban J connectivity index is 1.98. The van der Waals surface area contributed by atoms with Gasteiger partial charge in [0, 0.05) is 58.5 Å². The van der Waals surface area contributed by atoms with Crippen molar-refractivity contribution < 1.29 is 63.0 Å². The number of piperidine rings is 1. The average Bonchev–Trinajstić information content (AvgIpc) is 3.28. The maximum absolute atomic E-state index is 14.2. The summed E-state index contributed by atoms with van der Waals surface area (Å²) in [6, 6.07) is -1.15. The van der Waals surface area contributed by atoms with Gasteiger partial charge in [0.25, 0.3) is 11.7 Å². The van der Waals surface area contributed by atoms with Crippen molar-refractivity contribution in [2.45, 2.75) is 174 Å². The van der Waals surface area contributed by atoms with E-state index in [1.54, 1.807) is 48.0 Å². The van der Waals surface area contributed by atoms with Crippen LogP contribution in [0.2, 0.25) is 0 Å². The Bertz CT molecular complexity index is 1730. The number of Topliss-reactive ketones (excluding diaryl/α,β-unsaturated/α-hetero) is 4. The van der Waals surface area contributed by atoms with Crippen molar-refractivity contribution in [3.8, 4) is 0 Å². The van der Waals surface area contributed by atoms with Gasteiger partial charge in [-0.3, -0.25) is 24.0 Å². The van der Waals surface area contributed by atoms with Gasteiger partial charge >= 0.3 is 5.97 Å². The fourth-order valence-electron chi connectivity index (χ4n) is 9.49. The van der Waals surface area contributed by atoms with E-state index in [1.807, 2.05) is 51.2 Å². The molecular weight excluding hydrogens is 835 g/mol. The number of hydrogen-bond acceptors (Lipinski definition) is 13. The third-order valence-corrected chi connectivity index (χ3v) is 13.8. The normalized spacial score (nSPS) is 37.7. The number of ether oxygens (including phenoxy) is 4. The molecule has 2 heterocycles. The van der Waals surface area contributed by atoms with Crippen LogP contribution in [0.5, 0.6) is 0 Å². The van der Waals surface area contributed by atoms with Crippen LogP contribution in [0.4, 0.5) is 0 Å². The van der Waals surface area contributed by atoms with Gasteiger partial charge in [0.2, 0.25) is 5.78 Å². The lowest BCUT2D eigenvalue weighted by atomic mass is 9.78. The van der Waals surface area contributed by atoms with E-state index >= 15 is 0 Å². The fourth-order valence-corrected chi connectivity index (χ4v) is 9.49. The molecular formula is C51H79NO13. The molecule has 1 saturated carbocycles. The van der Waals surface area contributed by atoms with Gasteiger partial charge in [-0.1, -0.05) is 71.1 Å². The number of rotatable bonds is 6. The van der Waals surface area contributed by atoms with Crippen molar-refractivity contribution in [2.75, 3.05) is 27.9 Å². The molecule has 366 valence electrons. The maximum atomic E-state index is 14.2. The first-order chi connectivity index (χ1) is 30.7. The Morgan fingerprint density at radius 3 is 2.15 bits per heavy atom. The van der Waals surface area contributed by atoms with Crippen LogP contribution in [0.3, 0.4) is 0 Å². The molecule has 3 N–H and O–H groups in total. The number of aliphatic hydroxyl groups is 3. The zero-order chi connectivity index (χ0) is 48.5. The average molecular weight is 914 g/mol. The molecule has 0 spiro atoms. The van der Waals surface area contributed by atoms with Crippen LogP contribution in [0.25, 0.3) is 0 Å². The largest absolute Gasteiger partial charge is 0.460 e. The number of methoxy groups -OCH3 is 3. The fraction of sp³-hybridized carbons (Fsp3) is 0.725. The summed E-state index contributed by atoms with van der Waals surface area (Å²) in [5.41, 5.74) is 1.23. The molecule has 1 unspecified atom stereocenters. The number of aliphatic hydroxyl groups excluding tert-OH is 3. The molecule has 1 amide bonds. The summed E-state index contributed by atoms with van der Waals surface area (Å²) in [6.07, 6.45) is 9.93. The molecule has 1 aliphatic carbocycles. The summed E-state index contributed by atoms with van der Waals surface area (Å²) in [7, 11) is 4.47. The molecule has 65 heavy (non-hydrogen) atoms. The molecule has 3 aliphatic rings. The first-order valence-corrected chi connectivity index (χ1v) is 23.7. The van der Waals surface area contributed by atoms with Gasteiger partial charge in [-0.15, -0.1) is 0 Å².